The van der Waals surface area contributed by atoms with Gasteiger partial charge < -0.3 is 9.84 Å². The highest BCUT2D eigenvalue weighted by Crippen LogP contribution is 2.57. The molecule has 1 N–H and O–H groups in total. The van der Waals surface area contributed by atoms with Crippen LogP contribution < -0.4 is 0 Å². The lowest BCUT2D eigenvalue weighted by Crippen LogP contribution is -2.29. The summed E-state index contributed by atoms with van der Waals surface area (Å²) in [6.07, 6.45) is -2.54. The standard InChI is InChI=1S/C15H13ClF3N3O3/c16-12-10(13(23)24)1-2-11(20-12)22-6-3-9(21-22)7-25-8-14(4-5-14)15(17,18)19/h1-3,6H,4-5,7-8H2,(H,23,24). The SMILES string of the molecule is O=C(O)c1ccc(-n2ccc(COCC3(C(F)(F)F)CC3)n2)nc1Cl. The number of hydrogen-bond donors (Lipinski definition) is 1. The van der Waals surface area contributed by atoms with E-state index in [9.17, 15) is 18.0 Å². The number of halogens is 4. The number of pyridine rings is 1. The Labute approximate surface area is 145 Å². The van der Waals surface area contributed by atoms with E-state index < -0.39 is 17.6 Å². The van der Waals surface area contributed by atoms with Gasteiger partial charge >= 0.3 is 12.1 Å². The molecule has 1 saturated carbocycles. The topological polar surface area (TPSA) is 77.2 Å². The van der Waals surface area contributed by atoms with E-state index in [4.69, 9.17) is 21.4 Å². The molecule has 2 heterocycles. The monoisotopic (exact) mass is 375 g/mol. The maximum absolute atomic E-state index is 12.8. The van der Waals surface area contributed by atoms with Crippen molar-refractivity contribution >= 4 is 17.6 Å². The van der Waals surface area contributed by atoms with Gasteiger partial charge in [-0.3, -0.25) is 0 Å². The summed E-state index contributed by atoms with van der Waals surface area (Å²) in [5.41, 5.74) is -1.42. The fraction of sp³-hybridized carbons (Fsp3) is 0.400. The van der Waals surface area contributed by atoms with Gasteiger partial charge in [-0.15, -0.1) is 0 Å². The Hall–Kier alpha value is -2.13. The molecule has 2 aromatic rings. The Morgan fingerprint density at radius 1 is 1.36 bits per heavy atom. The van der Waals surface area contributed by atoms with Gasteiger partial charge in [-0.2, -0.15) is 18.3 Å². The molecule has 0 atom stereocenters. The fourth-order valence-electron chi connectivity index (χ4n) is 2.29. The van der Waals surface area contributed by atoms with Crippen LogP contribution in [0.4, 0.5) is 13.2 Å². The van der Waals surface area contributed by atoms with Crippen LogP contribution in [0.3, 0.4) is 0 Å². The third kappa shape index (κ3) is 3.62. The predicted octanol–water partition coefficient (Wildman–Crippen LogP) is 3.48. The van der Waals surface area contributed by atoms with Crippen LogP contribution in [-0.2, 0) is 11.3 Å². The summed E-state index contributed by atoms with van der Waals surface area (Å²) in [5.74, 6) is -0.910. The Morgan fingerprint density at radius 3 is 2.64 bits per heavy atom. The number of ether oxygens (including phenoxy) is 1. The summed E-state index contributed by atoms with van der Waals surface area (Å²) < 4.78 is 45.0. The van der Waals surface area contributed by atoms with Crippen molar-refractivity contribution in [3.63, 3.8) is 0 Å². The molecule has 0 amide bonds. The van der Waals surface area contributed by atoms with E-state index in [1.807, 2.05) is 0 Å². The molecule has 134 valence electrons. The molecule has 0 aliphatic heterocycles. The summed E-state index contributed by atoms with van der Waals surface area (Å²) in [6, 6.07) is 4.30. The summed E-state index contributed by atoms with van der Waals surface area (Å²) in [4.78, 5) is 14.8. The fourth-order valence-corrected chi connectivity index (χ4v) is 2.52. The van der Waals surface area contributed by atoms with Gasteiger partial charge in [0.05, 0.1) is 29.9 Å². The van der Waals surface area contributed by atoms with Gasteiger partial charge in [-0.05, 0) is 31.0 Å². The highest BCUT2D eigenvalue weighted by molar-refractivity contribution is 6.32. The Morgan fingerprint density at radius 2 is 2.08 bits per heavy atom. The number of hydrogen-bond acceptors (Lipinski definition) is 4. The van der Waals surface area contributed by atoms with Crippen molar-refractivity contribution in [2.75, 3.05) is 6.61 Å². The number of carboxylic acid groups (broad SMARTS) is 1. The smallest absolute Gasteiger partial charge is 0.396 e. The molecule has 2 aromatic heterocycles. The van der Waals surface area contributed by atoms with Gasteiger partial charge in [0.1, 0.15) is 5.15 Å². The van der Waals surface area contributed by atoms with Crippen LogP contribution >= 0.6 is 11.6 Å². The van der Waals surface area contributed by atoms with Crippen molar-refractivity contribution in [3.05, 3.63) is 40.8 Å². The molecule has 1 aliphatic rings. The minimum atomic E-state index is -4.25. The van der Waals surface area contributed by atoms with Crippen molar-refractivity contribution in [2.24, 2.45) is 5.41 Å². The minimum absolute atomic E-state index is 0.0637. The van der Waals surface area contributed by atoms with E-state index in [0.29, 0.717) is 5.69 Å². The molecule has 0 radical (unpaired) electrons. The molecule has 0 aromatic carbocycles. The van der Waals surface area contributed by atoms with Gasteiger partial charge in [0.25, 0.3) is 0 Å². The molecule has 1 fully saturated rings. The van der Waals surface area contributed by atoms with Crippen LogP contribution in [-0.4, -0.2) is 38.6 Å². The quantitative estimate of drug-likeness (QED) is 0.782. The molecular weight excluding hydrogens is 363 g/mol. The third-order valence-electron chi connectivity index (χ3n) is 4.03. The third-order valence-corrected chi connectivity index (χ3v) is 4.31. The van der Waals surface area contributed by atoms with Crippen molar-refractivity contribution in [1.29, 1.82) is 0 Å². The van der Waals surface area contributed by atoms with E-state index in [2.05, 4.69) is 10.1 Å². The molecule has 0 unspecified atom stereocenters. The van der Waals surface area contributed by atoms with Crippen molar-refractivity contribution in [2.45, 2.75) is 25.6 Å². The number of carboxylic acids is 1. The summed E-state index contributed by atoms with van der Waals surface area (Å²) >= 11 is 5.80. The number of rotatable bonds is 6. The first-order valence-electron chi connectivity index (χ1n) is 7.31. The zero-order valence-corrected chi connectivity index (χ0v) is 13.5. The lowest BCUT2D eigenvalue weighted by molar-refractivity contribution is -0.202. The molecule has 0 saturated heterocycles. The highest BCUT2D eigenvalue weighted by Gasteiger charge is 2.63. The molecule has 6 nitrogen and oxygen atoms in total. The van der Waals surface area contributed by atoms with E-state index in [1.54, 1.807) is 6.07 Å². The Kier molecular flexibility index (Phi) is 4.46. The van der Waals surface area contributed by atoms with Crippen LogP contribution in [0.1, 0.15) is 28.9 Å². The van der Waals surface area contributed by atoms with Crippen LogP contribution in [0.2, 0.25) is 5.15 Å². The van der Waals surface area contributed by atoms with E-state index in [-0.39, 0.29) is 42.6 Å². The van der Waals surface area contributed by atoms with Crippen molar-refractivity contribution in [1.82, 2.24) is 14.8 Å². The zero-order valence-electron chi connectivity index (χ0n) is 12.8. The Balaban J connectivity index is 1.63. The van der Waals surface area contributed by atoms with Crippen molar-refractivity contribution < 1.29 is 27.8 Å². The second kappa shape index (κ2) is 6.30. The molecule has 10 heteroatoms. The zero-order chi connectivity index (χ0) is 18.2. The number of aromatic nitrogens is 3. The lowest BCUT2D eigenvalue weighted by Gasteiger charge is -2.18. The highest BCUT2D eigenvalue weighted by atomic mass is 35.5. The largest absolute Gasteiger partial charge is 0.478 e. The molecule has 3 rings (SSSR count). The van der Waals surface area contributed by atoms with Gasteiger partial charge in [-0.25, -0.2) is 14.5 Å². The summed E-state index contributed by atoms with van der Waals surface area (Å²) in [7, 11) is 0. The van der Waals surface area contributed by atoms with E-state index in [1.165, 1.54) is 23.0 Å². The number of alkyl halides is 3. The van der Waals surface area contributed by atoms with Gasteiger partial charge in [-0.1, -0.05) is 11.6 Å². The van der Waals surface area contributed by atoms with Gasteiger partial charge in [0.15, 0.2) is 5.82 Å². The first kappa shape index (κ1) is 17.7. The van der Waals surface area contributed by atoms with E-state index >= 15 is 0 Å². The van der Waals surface area contributed by atoms with Gasteiger partial charge in [0, 0.05) is 6.20 Å². The maximum Gasteiger partial charge on any atom is 0.396 e. The molecule has 25 heavy (non-hydrogen) atoms. The summed E-state index contributed by atoms with van der Waals surface area (Å²) in [6.45, 7) is -0.452. The second-order valence-corrected chi connectivity index (χ2v) is 6.19. The lowest BCUT2D eigenvalue weighted by atomic mass is 10.1. The molecule has 0 spiro atoms. The molecule has 0 bridgehead atoms. The molecule has 1 aliphatic carbocycles. The van der Waals surface area contributed by atoms with Crippen molar-refractivity contribution in [3.8, 4) is 5.82 Å². The minimum Gasteiger partial charge on any atom is -0.478 e. The Bertz CT molecular complexity index is 803. The number of aromatic carboxylic acids is 1. The predicted molar refractivity (Wildman–Crippen MR) is 80.7 cm³/mol. The normalized spacial score (nSPS) is 16.0. The molecular formula is C15H13ClF3N3O3. The first-order valence-corrected chi connectivity index (χ1v) is 7.69. The van der Waals surface area contributed by atoms with Crippen LogP contribution in [0.25, 0.3) is 5.82 Å². The number of nitrogens with zero attached hydrogens (tertiary/aromatic N) is 3. The van der Waals surface area contributed by atoms with Crippen LogP contribution in [0.5, 0.6) is 0 Å². The van der Waals surface area contributed by atoms with Crippen LogP contribution in [0, 0.1) is 5.41 Å². The average molecular weight is 376 g/mol. The second-order valence-electron chi connectivity index (χ2n) is 5.84. The number of carbonyl (C=O) groups is 1. The first-order chi connectivity index (χ1) is 11.7. The van der Waals surface area contributed by atoms with Gasteiger partial charge in [0.2, 0.25) is 0 Å². The summed E-state index contributed by atoms with van der Waals surface area (Å²) in [5, 5.41) is 12.9. The van der Waals surface area contributed by atoms with E-state index in [0.717, 1.165) is 0 Å². The maximum atomic E-state index is 12.8. The van der Waals surface area contributed by atoms with Crippen LogP contribution in [0.15, 0.2) is 24.4 Å². The average Bonchev–Trinajstić information content (AvgIpc) is 3.17.